The third-order valence-corrected chi connectivity index (χ3v) is 1.33. The van der Waals surface area contributed by atoms with Gasteiger partial charge < -0.3 is 14.9 Å². The van der Waals surface area contributed by atoms with Crippen LogP contribution in [0.25, 0.3) is 0 Å². The molecule has 0 fully saturated rings. The van der Waals surface area contributed by atoms with Gasteiger partial charge in [0.1, 0.15) is 0 Å². The molecule has 6 nitrogen and oxygen atoms in total. The van der Waals surface area contributed by atoms with Gasteiger partial charge in [-0.15, -0.1) is 0 Å². The molecule has 6 heteroatoms. The number of ether oxygens (including phenoxy) is 1. The van der Waals surface area contributed by atoms with Gasteiger partial charge in [-0.05, 0) is 13.8 Å². The van der Waals surface area contributed by atoms with Crippen LogP contribution in [0.2, 0.25) is 0 Å². The Morgan fingerprint density at radius 3 is 2.07 bits per heavy atom. The molecular weight excluding hydrogens is 190 g/mol. The Balaban J connectivity index is 4.47. The van der Waals surface area contributed by atoms with E-state index in [1.807, 2.05) is 0 Å². The normalized spacial score (nSPS) is 14.1. The SMILES string of the molecule is COC(=O)C(O)C(O)C(=O)N=C(C)C. The maximum Gasteiger partial charge on any atom is 0.338 e. The van der Waals surface area contributed by atoms with Crippen molar-refractivity contribution in [3.05, 3.63) is 0 Å². The van der Waals surface area contributed by atoms with Gasteiger partial charge in [-0.3, -0.25) is 4.79 Å². The van der Waals surface area contributed by atoms with Crippen molar-refractivity contribution in [2.45, 2.75) is 26.1 Å². The van der Waals surface area contributed by atoms with Gasteiger partial charge in [0, 0.05) is 5.71 Å². The molecule has 2 N–H and O–H groups in total. The van der Waals surface area contributed by atoms with E-state index in [0.717, 1.165) is 7.11 Å². The molecule has 0 aromatic heterocycles. The molecule has 0 spiro atoms. The smallest absolute Gasteiger partial charge is 0.338 e. The van der Waals surface area contributed by atoms with Gasteiger partial charge in [0.25, 0.3) is 5.91 Å². The molecule has 0 aliphatic heterocycles. The quantitative estimate of drug-likeness (QED) is 0.448. The Morgan fingerprint density at radius 2 is 1.71 bits per heavy atom. The predicted molar refractivity (Wildman–Crippen MR) is 47.8 cm³/mol. The zero-order chi connectivity index (χ0) is 11.3. The standard InChI is InChI=1S/C8H13NO5/c1-4(2)9-7(12)5(10)6(11)8(13)14-3/h5-6,10-11H,1-3H3. The van der Waals surface area contributed by atoms with Gasteiger partial charge >= 0.3 is 5.97 Å². The van der Waals surface area contributed by atoms with Crippen molar-refractivity contribution in [3.8, 4) is 0 Å². The summed E-state index contributed by atoms with van der Waals surface area (Å²) < 4.78 is 4.14. The van der Waals surface area contributed by atoms with E-state index in [1.54, 1.807) is 13.8 Å². The van der Waals surface area contributed by atoms with E-state index in [9.17, 15) is 9.59 Å². The van der Waals surface area contributed by atoms with Crippen molar-refractivity contribution in [3.63, 3.8) is 0 Å². The number of nitrogens with zero attached hydrogens (tertiary/aromatic N) is 1. The average Bonchev–Trinajstić information content (AvgIpc) is 2.13. The van der Waals surface area contributed by atoms with Crippen LogP contribution in [-0.2, 0) is 14.3 Å². The van der Waals surface area contributed by atoms with E-state index in [2.05, 4.69) is 9.73 Å². The maximum atomic E-state index is 11.0. The number of aliphatic hydroxyl groups excluding tert-OH is 2. The zero-order valence-electron chi connectivity index (χ0n) is 8.22. The van der Waals surface area contributed by atoms with E-state index >= 15 is 0 Å². The first kappa shape index (κ1) is 12.7. The Kier molecular flexibility index (Phi) is 4.96. The molecule has 0 saturated heterocycles. The summed E-state index contributed by atoms with van der Waals surface area (Å²) in [4.78, 5) is 25.1. The predicted octanol–water partition coefficient (Wildman–Crippen LogP) is -1.11. The monoisotopic (exact) mass is 203 g/mol. The van der Waals surface area contributed by atoms with E-state index < -0.39 is 24.1 Å². The van der Waals surface area contributed by atoms with Crippen LogP contribution < -0.4 is 0 Å². The van der Waals surface area contributed by atoms with E-state index in [4.69, 9.17) is 10.2 Å². The minimum atomic E-state index is -1.89. The molecule has 0 rings (SSSR count). The summed E-state index contributed by atoms with van der Waals surface area (Å²) in [6.07, 6.45) is -3.77. The number of rotatable bonds is 3. The number of hydrogen-bond acceptors (Lipinski definition) is 5. The molecule has 0 bridgehead atoms. The average molecular weight is 203 g/mol. The van der Waals surface area contributed by atoms with Crippen LogP contribution >= 0.6 is 0 Å². The van der Waals surface area contributed by atoms with Crippen LogP contribution in [0.5, 0.6) is 0 Å². The summed E-state index contributed by atoms with van der Waals surface area (Å²) in [5.41, 5.74) is 0.422. The fourth-order valence-electron chi connectivity index (χ4n) is 0.671. The summed E-state index contributed by atoms with van der Waals surface area (Å²) in [6.45, 7) is 3.10. The first-order valence-electron chi connectivity index (χ1n) is 3.89. The Labute approximate surface area is 81.2 Å². The van der Waals surface area contributed by atoms with Crippen LogP contribution in [0.4, 0.5) is 0 Å². The van der Waals surface area contributed by atoms with Crippen molar-refractivity contribution in [2.24, 2.45) is 4.99 Å². The van der Waals surface area contributed by atoms with Crippen molar-refractivity contribution in [2.75, 3.05) is 7.11 Å². The second-order valence-electron chi connectivity index (χ2n) is 2.81. The number of esters is 1. The van der Waals surface area contributed by atoms with Gasteiger partial charge in [-0.25, -0.2) is 9.79 Å². The molecule has 2 atom stereocenters. The van der Waals surface area contributed by atoms with Crippen molar-refractivity contribution in [1.29, 1.82) is 0 Å². The van der Waals surface area contributed by atoms with Gasteiger partial charge in [-0.2, -0.15) is 0 Å². The molecular formula is C8H13NO5. The lowest BCUT2D eigenvalue weighted by Crippen LogP contribution is -2.39. The number of methoxy groups -OCH3 is 1. The lowest BCUT2D eigenvalue weighted by molar-refractivity contribution is -0.160. The fraction of sp³-hybridized carbons (Fsp3) is 0.625. The molecule has 0 aliphatic rings. The first-order valence-corrected chi connectivity index (χ1v) is 3.89. The Bertz CT molecular complexity index is 256. The largest absolute Gasteiger partial charge is 0.467 e. The van der Waals surface area contributed by atoms with Gasteiger partial charge in [-0.1, -0.05) is 0 Å². The molecule has 0 aromatic carbocycles. The highest BCUT2D eigenvalue weighted by Gasteiger charge is 2.30. The summed E-state index contributed by atoms with van der Waals surface area (Å²) in [6, 6.07) is 0. The molecule has 14 heavy (non-hydrogen) atoms. The number of hydrogen-bond donors (Lipinski definition) is 2. The lowest BCUT2D eigenvalue weighted by atomic mass is 10.2. The van der Waals surface area contributed by atoms with Crippen molar-refractivity contribution >= 4 is 17.6 Å². The molecule has 80 valence electrons. The summed E-state index contributed by atoms with van der Waals surface area (Å²) >= 11 is 0. The van der Waals surface area contributed by atoms with Crippen LogP contribution in [-0.4, -0.2) is 47.1 Å². The topological polar surface area (TPSA) is 96.2 Å². The van der Waals surface area contributed by atoms with E-state index in [-0.39, 0.29) is 0 Å². The third kappa shape index (κ3) is 3.63. The van der Waals surface area contributed by atoms with E-state index in [1.165, 1.54) is 0 Å². The third-order valence-electron chi connectivity index (χ3n) is 1.33. The first-order chi connectivity index (χ1) is 6.40. The number of carbonyl (C=O) groups is 2. The number of carbonyl (C=O) groups excluding carboxylic acids is 2. The minimum Gasteiger partial charge on any atom is -0.467 e. The number of amides is 1. The second kappa shape index (κ2) is 5.46. The van der Waals surface area contributed by atoms with Crippen LogP contribution in [0.15, 0.2) is 4.99 Å². The molecule has 0 aromatic rings. The van der Waals surface area contributed by atoms with Crippen molar-refractivity contribution in [1.82, 2.24) is 0 Å². The summed E-state index contributed by atoms with van der Waals surface area (Å²) in [5, 5.41) is 18.2. The summed E-state index contributed by atoms with van der Waals surface area (Å²) in [5.74, 6) is -2.04. The van der Waals surface area contributed by atoms with Crippen LogP contribution in [0.1, 0.15) is 13.8 Å². The molecule has 0 radical (unpaired) electrons. The van der Waals surface area contributed by atoms with Crippen LogP contribution in [0.3, 0.4) is 0 Å². The minimum absolute atomic E-state index is 0.422. The lowest BCUT2D eigenvalue weighted by Gasteiger charge is -2.11. The fourth-order valence-corrected chi connectivity index (χ4v) is 0.671. The second-order valence-corrected chi connectivity index (χ2v) is 2.81. The maximum absolute atomic E-state index is 11.0. The Morgan fingerprint density at radius 1 is 1.21 bits per heavy atom. The van der Waals surface area contributed by atoms with Gasteiger partial charge in [0.2, 0.25) is 0 Å². The van der Waals surface area contributed by atoms with Crippen LogP contribution in [0, 0.1) is 0 Å². The molecule has 0 aliphatic carbocycles. The highest BCUT2D eigenvalue weighted by Crippen LogP contribution is 1.99. The molecule has 2 unspecified atom stereocenters. The Hall–Kier alpha value is -1.27. The molecule has 0 heterocycles. The number of aliphatic hydroxyl groups is 2. The van der Waals surface area contributed by atoms with Gasteiger partial charge in [0.05, 0.1) is 7.11 Å². The molecule has 0 saturated carbocycles. The van der Waals surface area contributed by atoms with Crippen molar-refractivity contribution < 1.29 is 24.5 Å². The summed E-state index contributed by atoms with van der Waals surface area (Å²) in [7, 11) is 1.04. The zero-order valence-corrected chi connectivity index (χ0v) is 8.22. The van der Waals surface area contributed by atoms with Gasteiger partial charge in [0.15, 0.2) is 12.2 Å². The number of aliphatic imine (C=N–C) groups is 1. The highest BCUT2D eigenvalue weighted by molar-refractivity contribution is 5.97. The van der Waals surface area contributed by atoms with E-state index in [0.29, 0.717) is 5.71 Å². The molecule has 1 amide bonds. The highest BCUT2D eigenvalue weighted by atomic mass is 16.5.